The minimum Gasteiger partial charge on any atom is -0.383 e. The fourth-order valence-corrected chi connectivity index (χ4v) is 2.43. The van der Waals surface area contributed by atoms with Crippen molar-refractivity contribution in [2.75, 3.05) is 11.9 Å². The van der Waals surface area contributed by atoms with E-state index in [2.05, 4.69) is 23.3 Å². The predicted molar refractivity (Wildman–Crippen MR) is 74.9 cm³/mol. The summed E-state index contributed by atoms with van der Waals surface area (Å²) in [5, 5.41) is 15.5. The van der Waals surface area contributed by atoms with Crippen molar-refractivity contribution in [1.29, 1.82) is 5.26 Å². The van der Waals surface area contributed by atoms with E-state index in [1.54, 1.807) is 11.3 Å². The molecule has 0 aliphatic rings. The maximum atomic E-state index is 9.06. The Hall–Kier alpha value is -1.86. The summed E-state index contributed by atoms with van der Waals surface area (Å²) in [5.41, 5.74) is 2.74. The molecule has 18 heavy (non-hydrogen) atoms. The molecule has 1 N–H and O–H groups in total. The molecule has 3 nitrogen and oxygen atoms in total. The predicted octanol–water partition coefficient (Wildman–Crippen LogP) is 3.54. The summed E-state index contributed by atoms with van der Waals surface area (Å²) in [4.78, 5) is 4.30. The molecule has 2 rings (SSSR count). The lowest BCUT2D eigenvalue weighted by Crippen LogP contribution is -2.10. The summed E-state index contributed by atoms with van der Waals surface area (Å²) < 4.78 is 0. The lowest BCUT2D eigenvalue weighted by molar-refractivity contribution is 0.795. The Labute approximate surface area is 111 Å². The van der Waals surface area contributed by atoms with Crippen LogP contribution in [0.4, 0.5) is 5.69 Å². The van der Waals surface area contributed by atoms with Gasteiger partial charge in [-0.25, -0.2) is 4.98 Å². The first-order chi connectivity index (χ1) is 8.70. The van der Waals surface area contributed by atoms with Gasteiger partial charge in [0.1, 0.15) is 6.07 Å². The molecule has 0 aliphatic heterocycles. The Morgan fingerprint density at radius 2 is 2.33 bits per heavy atom. The van der Waals surface area contributed by atoms with Crippen molar-refractivity contribution in [3.8, 4) is 6.07 Å². The van der Waals surface area contributed by atoms with Crippen molar-refractivity contribution >= 4 is 17.0 Å². The summed E-state index contributed by atoms with van der Waals surface area (Å²) in [7, 11) is 0. The molecule has 0 radical (unpaired) electrons. The topological polar surface area (TPSA) is 48.7 Å². The lowest BCUT2D eigenvalue weighted by atomic mass is 10.1. The first-order valence-corrected chi connectivity index (χ1v) is 6.72. The van der Waals surface area contributed by atoms with Crippen molar-refractivity contribution in [3.05, 3.63) is 45.9 Å². The number of nitriles is 1. The quantitative estimate of drug-likeness (QED) is 0.911. The second-order valence-electron chi connectivity index (χ2n) is 4.31. The number of anilines is 1. The van der Waals surface area contributed by atoms with Crippen LogP contribution in [0.2, 0.25) is 0 Å². The number of nitrogens with zero attached hydrogens (tertiary/aromatic N) is 2. The second kappa shape index (κ2) is 5.65. The van der Waals surface area contributed by atoms with E-state index in [4.69, 9.17) is 5.26 Å². The molecule has 1 heterocycles. The molecule has 0 bridgehead atoms. The van der Waals surface area contributed by atoms with Crippen LogP contribution in [-0.2, 0) is 0 Å². The molecule has 0 saturated carbocycles. The molecule has 2 aromatic rings. The van der Waals surface area contributed by atoms with Crippen LogP contribution in [0.15, 0.2) is 29.8 Å². The van der Waals surface area contributed by atoms with Crippen LogP contribution in [0.1, 0.15) is 29.0 Å². The Bertz CT molecular complexity index is 555. The van der Waals surface area contributed by atoms with E-state index in [9.17, 15) is 0 Å². The second-order valence-corrected chi connectivity index (χ2v) is 5.24. The molecule has 0 amide bonds. The highest BCUT2D eigenvalue weighted by atomic mass is 32.1. The van der Waals surface area contributed by atoms with Gasteiger partial charge in [-0.15, -0.1) is 11.3 Å². The van der Waals surface area contributed by atoms with E-state index in [0.717, 1.165) is 22.8 Å². The molecule has 1 unspecified atom stereocenters. The van der Waals surface area contributed by atoms with Crippen LogP contribution >= 0.6 is 11.3 Å². The average molecular weight is 257 g/mol. The normalized spacial score (nSPS) is 11.8. The van der Waals surface area contributed by atoms with E-state index in [0.29, 0.717) is 11.5 Å². The van der Waals surface area contributed by atoms with Crippen LogP contribution < -0.4 is 5.32 Å². The van der Waals surface area contributed by atoms with Gasteiger partial charge in [-0.1, -0.05) is 13.0 Å². The SMILES string of the molecule is Cc1ccc(C#N)c(NCC(C)c2nccs2)c1. The van der Waals surface area contributed by atoms with Gasteiger partial charge in [0.15, 0.2) is 0 Å². The molecule has 0 aliphatic carbocycles. The highest BCUT2D eigenvalue weighted by Gasteiger charge is 2.09. The van der Waals surface area contributed by atoms with E-state index < -0.39 is 0 Å². The van der Waals surface area contributed by atoms with Gasteiger partial charge in [0.2, 0.25) is 0 Å². The monoisotopic (exact) mass is 257 g/mol. The summed E-state index contributed by atoms with van der Waals surface area (Å²) >= 11 is 1.66. The highest BCUT2D eigenvalue weighted by Crippen LogP contribution is 2.21. The minimum atomic E-state index is 0.344. The summed E-state index contributed by atoms with van der Waals surface area (Å²) in [6.07, 6.45) is 1.82. The van der Waals surface area contributed by atoms with Crippen molar-refractivity contribution in [1.82, 2.24) is 4.98 Å². The fraction of sp³-hybridized carbons (Fsp3) is 0.286. The first kappa shape index (κ1) is 12.6. The Morgan fingerprint density at radius 1 is 1.50 bits per heavy atom. The van der Waals surface area contributed by atoms with Crippen molar-refractivity contribution < 1.29 is 0 Å². The summed E-state index contributed by atoms with van der Waals surface area (Å²) in [5.74, 6) is 0.344. The highest BCUT2D eigenvalue weighted by molar-refractivity contribution is 7.09. The number of benzene rings is 1. The van der Waals surface area contributed by atoms with Gasteiger partial charge in [-0.3, -0.25) is 0 Å². The zero-order chi connectivity index (χ0) is 13.0. The number of thiazole rings is 1. The maximum Gasteiger partial charge on any atom is 0.101 e. The van der Waals surface area contributed by atoms with Crippen molar-refractivity contribution in [3.63, 3.8) is 0 Å². The minimum absolute atomic E-state index is 0.344. The van der Waals surface area contributed by atoms with Gasteiger partial charge in [0, 0.05) is 24.0 Å². The molecule has 0 fully saturated rings. The zero-order valence-corrected chi connectivity index (χ0v) is 11.3. The van der Waals surface area contributed by atoms with E-state index in [1.165, 1.54) is 0 Å². The molecule has 4 heteroatoms. The number of hydrogen-bond donors (Lipinski definition) is 1. The number of aromatic nitrogens is 1. The Kier molecular flexibility index (Phi) is 3.96. The summed E-state index contributed by atoms with van der Waals surface area (Å²) in [6.45, 7) is 4.94. The first-order valence-electron chi connectivity index (χ1n) is 5.84. The molecular formula is C14H15N3S. The Balaban J connectivity index is 2.06. The Morgan fingerprint density at radius 3 is 3.00 bits per heavy atom. The zero-order valence-electron chi connectivity index (χ0n) is 10.5. The largest absolute Gasteiger partial charge is 0.383 e. The molecule has 1 aromatic heterocycles. The van der Waals surface area contributed by atoms with Crippen LogP contribution in [-0.4, -0.2) is 11.5 Å². The van der Waals surface area contributed by atoms with Crippen molar-refractivity contribution in [2.24, 2.45) is 0 Å². The number of aryl methyl sites for hydroxylation is 1. The number of nitrogens with one attached hydrogen (secondary N) is 1. The standard InChI is InChI=1S/C14H15N3S/c1-10-3-4-12(8-15)13(7-10)17-9-11(2)14-16-5-6-18-14/h3-7,11,17H,9H2,1-2H3. The van der Waals surface area contributed by atoms with Crippen LogP contribution in [0.5, 0.6) is 0 Å². The molecule has 0 saturated heterocycles. The van der Waals surface area contributed by atoms with Gasteiger partial charge in [-0.2, -0.15) is 5.26 Å². The van der Waals surface area contributed by atoms with Crippen molar-refractivity contribution in [2.45, 2.75) is 19.8 Å². The maximum absolute atomic E-state index is 9.06. The van der Waals surface area contributed by atoms with E-state index in [-0.39, 0.29) is 0 Å². The van der Waals surface area contributed by atoms with Gasteiger partial charge < -0.3 is 5.32 Å². The van der Waals surface area contributed by atoms with Gasteiger partial charge in [-0.05, 0) is 24.6 Å². The smallest absolute Gasteiger partial charge is 0.101 e. The van der Waals surface area contributed by atoms with Crippen LogP contribution in [0, 0.1) is 18.3 Å². The number of hydrogen-bond acceptors (Lipinski definition) is 4. The third-order valence-corrected chi connectivity index (χ3v) is 3.77. The third kappa shape index (κ3) is 2.88. The molecule has 1 atom stereocenters. The van der Waals surface area contributed by atoms with Crippen LogP contribution in [0.3, 0.4) is 0 Å². The fourth-order valence-electron chi connectivity index (χ4n) is 1.73. The van der Waals surface area contributed by atoms with Gasteiger partial charge >= 0.3 is 0 Å². The average Bonchev–Trinajstić information content (AvgIpc) is 2.90. The molecule has 92 valence electrons. The molecular weight excluding hydrogens is 242 g/mol. The van der Waals surface area contributed by atoms with Crippen LogP contribution in [0.25, 0.3) is 0 Å². The van der Waals surface area contributed by atoms with E-state index in [1.807, 2.05) is 36.7 Å². The summed E-state index contributed by atoms with van der Waals surface area (Å²) in [6, 6.07) is 8.02. The lowest BCUT2D eigenvalue weighted by Gasteiger charge is -2.13. The molecule has 0 spiro atoms. The van der Waals surface area contributed by atoms with E-state index >= 15 is 0 Å². The van der Waals surface area contributed by atoms with Gasteiger partial charge in [0.05, 0.1) is 16.3 Å². The molecule has 1 aromatic carbocycles. The number of rotatable bonds is 4. The third-order valence-electron chi connectivity index (χ3n) is 2.77. The van der Waals surface area contributed by atoms with Gasteiger partial charge in [0.25, 0.3) is 0 Å².